The standard InChI is InChI=1S/C27H32F3N5O5S/c1-16-13-35(23(32)39-16)14-17-8-6-11-20(21(17)31)33-24(37)41-34-26(5,15-38-22(36)25(2,3)4)18-9-7-10-19(12-18)40-27(28,29)30/h6-13,32,34H,14-15,31H2,1-5H3,(H,33,37). The number of rotatable bonds is 9. The lowest BCUT2D eigenvalue weighted by molar-refractivity contribution is -0.274. The Kier molecular flexibility index (Phi) is 9.49. The van der Waals surface area contributed by atoms with Gasteiger partial charge in [-0.2, -0.15) is 0 Å². The Balaban J connectivity index is 1.78. The Morgan fingerprint density at radius 1 is 1.12 bits per heavy atom. The summed E-state index contributed by atoms with van der Waals surface area (Å²) in [5, 5.41) is 9.99. The topological polar surface area (TPSA) is 145 Å². The van der Waals surface area contributed by atoms with Crippen molar-refractivity contribution in [2.45, 2.75) is 53.1 Å². The van der Waals surface area contributed by atoms with Gasteiger partial charge >= 0.3 is 12.3 Å². The molecule has 14 heteroatoms. The van der Waals surface area contributed by atoms with E-state index >= 15 is 0 Å². The number of para-hydroxylation sites is 1. The summed E-state index contributed by atoms with van der Waals surface area (Å²) in [6.07, 6.45) is -3.24. The highest BCUT2D eigenvalue weighted by molar-refractivity contribution is 8.12. The fourth-order valence-electron chi connectivity index (χ4n) is 3.61. The van der Waals surface area contributed by atoms with Crippen molar-refractivity contribution in [3.8, 4) is 5.75 Å². The molecule has 0 aliphatic rings. The molecule has 0 aliphatic heterocycles. The van der Waals surface area contributed by atoms with Crippen LogP contribution >= 0.6 is 11.9 Å². The van der Waals surface area contributed by atoms with Crippen molar-refractivity contribution in [2.24, 2.45) is 5.41 Å². The predicted octanol–water partition coefficient (Wildman–Crippen LogP) is 5.67. The average Bonchev–Trinajstić information content (AvgIpc) is 3.18. The summed E-state index contributed by atoms with van der Waals surface area (Å²) >= 11 is 0.615. The molecule has 1 unspecified atom stereocenters. The van der Waals surface area contributed by atoms with Crippen LogP contribution in [0.25, 0.3) is 0 Å². The lowest BCUT2D eigenvalue weighted by atomic mass is 9.93. The highest BCUT2D eigenvalue weighted by Gasteiger charge is 2.35. The van der Waals surface area contributed by atoms with Crippen molar-refractivity contribution >= 4 is 34.5 Å². The summed E-state index contributed by atoms with van der Waals surface area (Å²) in [4.78, 5) is 25.4. The normalized spacial score (nSPS) is 13.4. The fraction of sp³-hybridized carbons (Fsp3) is 0.370. The van der Waals surface area contributed by atoms with E-state index in [1.54, 1.807) is 63.6 Å². The molecule has 0 saturated heterocycles. The van der Waals surface area contributed by atoms with Crippen molar-refractivity contribution in [2.75, 3.05) is 17.7 Å². The summed E-state index contributed by atoms with van der Waals surface area (Å²) in [6, 6.07) is 10.2. The monoisotopic (exact) mass is 595 g/mol. The van der Waals surface area contributed by atoms with Gasteiger partial charge in [0.25, 0.3) is 10.9 Å². The molecule has 0 fully saturated rings. The van der Waals surface area contributed by atoms with E-state index in [1.807, 2.05) is 0 Å². The highest BCUT2D eigenvalue weighted by atomic mass is 32.2. The van der Waals surface area contributed by atoms with E-state index in [0.717, 1.165) is 12.1 Å². The molecule has 5 N–H and O–H groups in total. The number of nitrogens with zero attached hydrogens (tertiary/aromatic N) is 1. The summed E-state index contributed by atoms with van der Waals surface area (Å²) in [5.41, 5.74) is 5.62. The second-order valence-corrected chi connectivity index (χ2v) is 11.3. The lowest BCUT2D eigenvalue weighted by Crippen LogP contribution is -2.42. The molecular weight excluding hydrogens is 563 g/mol. The van der Waals surface area contributed by atoms with Crippen molar-refractivity contribution in [3.63, 3.8) is 0 Å². The zero-order valence-corrected chi connectivity index (χ0v) is 24.0. The highest BCUT2D eigenvalue weighted by Crippen LogP contribution is 2.31. The maximum atomic E-state index is 12.9. The number of aromatic nitrogens is 1. The van der Waals surface area contributed by atoms with Gasteiger partial charge in [0.15, 0.2) is 0 Å². The Bertz CT molecular complexity index is 1460. The van der Waals surface area contributed by atoms with Crippen molar-refractivity contribution in [1.82, 2.24) is 9.29 Å². The quantitative estimate of drug-likeness (QED) is 0.141. The van der Waals surface area contributed by atoms with Crippen LogP contribution in [-0.4, -0.2) is 28.7 Å². The first-order valence-corrected chi connectivity index (χ1v) is 13.2. The Labute approximate surface area is 239 Å². The van der Waals surface area contributed by atoms with Crippen LogP contribution in [0, 0.1) is 17.7 Å². The molecule has 10 nitrogen and oxygen atoms in total. The van der Waals surface area contributed by atoms with E-state index in [-0.39, 0.29) is 30.1 Å². The first kappa shape index (κ1) is 31.6. The Morgan fingerprint density at radius 3 is 2.41 bits per heavy atom. The molecule has 3 aromatic rings. The number of hydrogen-bond donors (Lipinski definition) is 4. The maximum Gasteiger partial charge on any atom is 0.573 e. The third-order valence-corrected chi connectivity index (χ3v) is 6.65. The number of carbonyl (C=O) groups is 2. The van der Waals surface area contributed by atoms with Gasteiger partial charge in [0.1, 0.15) is 18.1 Å². The lowest BCUT2D eigenvalue weighted by Gasteiger charge is -2.31. The van der Waals surface area contributed by atoms with Crippen LogP contribution in [-0.2, 0) is 21.6 Å². The predicted molar refractivity (Wildman–Crippen MR) is 148 cm³/mol. The molecular formula is C27H32F3N5O5S. The van der Waals surface area contributed by atoms with E-state index < -0.39 is 34.3 Å². The first-order chi connectivity index (χ1) is 19.0. The van der Waals surface area contributed by atoms with Gasteiger partial charge in [0, 0.05) is 18.1 Å². The van der Waals surface area contributed by atoms with Gasteiger partial charge < -0.3 is 24.9 Å². The molecule has 41 heavy (non-hydrogen) atoms. The van der Waals surface area contributed by atoms with Crippen LogP contribution in [0.3, 0.4) is 0 Å². The minimum atomic E-state index is -4.90. The molecule has 2 aromatic carbocycles. The number of alkyl halides is 3. The summed E-state index contributed by atoms with van der Waals surface area (Å²) in [7, 11) is 0. The second kappa shape index (κ2) is 12.3. The number of ether oxygens (including phenoxy) is 2. The number of amides is 1. The number of nitrogens with two attached hydrogens (primary N) is 1. The molecule has 1 amide bonds. The number of halogens is 3. The largest absolute Gasteiger partial charge is 0.573 e. The number of anilines is 2. The zero-order valence-electron chi connectivity index (χ0n) is 23.1. The van der Waals surface area contributed by atoms with Crippen LogP contribution in [0.4, 0.5) is 29.3 Å². The van der Waals surface area contributed by atoms with Crippen LogP contribution in [0.2, 0.25) is 0 Å². The molecule has 0 radical (unpaired) electrons. The third kappa shape index (κ3) is 8.79. The van der Waals surface area contributed by atoms with E-state index in [1.165, 1.54) is 12.1 Å². The van der Waals surface area contributed by atoms with Gasteiger partial charge in [-0.15, -0.1) is 13.2 Å². The third-order valence-electron chi connectivity index (χ3n) is 5.81. The van der Waals surface area contributed by atoms with Gasteiger partial charge in [0.2, 0.25) is 0 Å². The number of carbonyl (C=O) groups excluding carboxylic acids is 2. The molecule has 0 aliphatic carbocycles. The van der Waals surface area contributed by atoms with Gasteiger partial charge in [-0.3, -0.25) is 19.6 Å². The van der Waals surface area contributed by atoms with Crippen LogP contribution in [0.5, 0.6) is 5.75 Å². The molecule has 1 aromatic heterocycles. The van der Waals surface area contributed by atoms with Crippen LogP contribution in [0.1, 0.15) is 44.6 Å². The Hall–Kier alpha value is -3.91. The summed E-state index contributed by atoms with van der Waals surface area (Å²) in [5.74, 6) is -0.438. The fourth-order valence-corrected chi connectivity index (χ4v) is 4.26. The zero-order chi connectivity index (χ0) is 30.6. The maximum absolute atomic E-state index is 12.9. The van der Waals surface area contributed by atoms with Crippen molar-refractivity contribution < 1.29 is 36.7 Å². The van der Waals surface area contributed by atoms with Crippen molar-refractivity contribution in [1.29, 1.82) is 5.41 Å². The number of oxazole rings is 1. The molecule has 0 spiro atoms. The van der Waals surface area contributed by atoms with E-state index in [4.69, 9.17) is 20.3 Å². The number of esters is 1. The number of benzene rings is 2. The molecule has 3 rings (SSSR count). The molecule has 0 saturated carbocycles. The molecule has 222 valence electrons. The molecule has 0 bridgehead atoms. The minimum absolute atomic E-state index is 0.0488. The van der Waals surface area contributed by atoms with E-state index in [2.05, 4.69) is 14.8 Å². The van der Waals surface area contributed by atoms with E-state index in [0.29, 0.717) is 29.0 Å². The summed E-state index contributed by atoms with van der Waals surface area (Å²) < 4.78 is 57.7. The average molecular weight is 596 g/mol. The first-order valence-electron chi connectivity index (χ1n) is 12.3. The second-order valence-electron chi connectivity index (χ2n) is 10.5. The van der Waals surface area contributed by atoms with Gasteiger partial charge in [0.05, 0.1) is 28.9 Å². The summed E-state index contributed by atoms with van der Waals surface area (Å²) in [6.45, 7) is 8.22. The minimum Gasteiger partial charge on any atom is -0.463 e. The van der Waals surface area contributed by atoms with Crippen LogP contribution in [0.15, 0.2) is 53.1 Å². The van der Waals surface area contributed by atoms with Gasteiger partial charge in [-0.1, -0.05) is 24.3 Å². The number of aryl methyl sites for hydroxylation is 1. The molecule has 1 atom stereocenters. The molecule has 1 heterocycles. The van der Waals surface area contributed by atoms with Crippen LogP contribution < -0.4 is 26.2 Å². The van der Waals surface area contributed by atoms with E-state index in [9.17, 15) is 22.8 Å². The van der Waals surface area contributed by atoms with Gasteiger partial charge in [-0.05, 0) is 63.9 Å². The number of nitrogens with one attached hydrogen (secondary N) is 3. The number of nitrogen functional groups attached to an aromatic ring is 1. The smallest absolute Gasteiger partial charge is 0.463 e. The van der Waals surface area contributed by atoms with Gasteiger partial charge in [-0.25, -0.2) is 4.72 Å². The SMILES string of the molecule is Cc1cn(Cc2cccc(NC(=O)SNC(C)(COC(=O)C(C)(C)C)c3cccc(OC(F)(F)F)c3)c2N)c(=N)o1. The number of hydrogen-bond acceptors (Lipinski definition) is 9. The van der Waals surface area contributed by atoms with Crippen molar-refractivity contribution in [3.05, 3.63) is 71.2 Å². The Morgan fingerprint density at radius 2 is 1.80 bits per heavy atom.